The van der Waals surface area contributed by atoms with Crippen LogP contribution in [0.1, 0.15) is 11.1 Å². The maximum absolute atomic E-state index is 6.28. The molecule has 5 heteroatoms. The molecule has 0 atom stereocenters. The number of hydrogen-bond donors (Lipinski definition) is 0. The summed E-state index contributed by atoms with van der Waals surface area (Å²) in [5.74, 6) is 1.36. The molecule has 1 aliphatic heterocycles. The second-order valence-corrected chi connectivity index (χ2v) is 6.12. The fraction of sp³-hybridized carbons (Fsp3) is 0.0833. The van der Waals surface area contributed by atoms with Crippen molar-refractivity contribution in [1.82, 2.24) is 4.63 Å². The molecule has 0 amide bonds. The lowest BCUT2D eigenvalue weighted by molar-refractivity contribution is 0.342. The monoisotopic (exact) mass is 376 g/mol. The highest BCUT2D eigenvalue weighted by Crippen LogP contribution is 2.36. The molecule has 0 aromatic heterocycles. The molecule has 1 aliphatic rings. The molecule has 0 fully saturated rings. The van der Waals surface area contributed by atoms with Crippen LogP contribution in [0.3, 0.4) is 0 Å². The molecule has 1 aromatic carbocycles. The van der Waals surface area contributed by atoms with E-state index in [9.17, 15) is 0 Å². The molecule has 2 rings (SSSR count). The summed E-state index contributed by atoms with van der Waals surface area (Å²) in [7, 11) is 6.10. The second kappa shape index (κ2) is 11.2. The number of benzene rings is 1. The number of hydrogen-bond acceptors (Lipinski definition) is 2. The molecule has 0 aliphatic carbocycles. The molecular weight excluding hydrogens is 351 g/mol. The van der Waals surface area contributed by atoms with Crippen LogP contribution in [0.25, 0.3) is 11.1 Å². The van der Waals surface area contributed by atoms with E-state index in [2.05, 4.69) is 45.9 Å². The number of nitrogens with zero attached hydrogens (tertiary/aromatic N) is 1. The molecule has 0 unspecified atom stereocenters. The van der Waals surface area contributed by atoms with Crippen LogP contribution in [0.5, 0.6) is 0 Å². The van der Waals surface area contributed by atoms with E-state index in [4.69, 9.17) is 4.74 Å². The average molecular weight is 376 g/mol. The molecule has 0 bridgehead atoms. The summed E-state index contributed by atoms with van der Waals surface area (Å²) >= 11 is 0. The Morgan fingerprint density at radius 3 is 2.14 bits per heavy atom. The van der Waals surface area contributed by atoms with Gasteiger partial charge in [0.1, 0.15) is 11.5 Å². The van der Waals surface area contributed by atoms with Gasteiger partial charge in [-0.15, -0.1) is 0 Å². The molecule has 0 spiro atoms. The summed E-state index contributed by atoms with van der Waals surface area (Å²) in [6, 6.07) is 6.21. The first-order valence-corrected chi connectivity index (χ1v) is 9.49. The zero-order chi connectivity index (χ0) is 21.2. The van der Waals surface area contributed by atoms with Crippen molar-refractivity contribution >= 4 is 38.9 Å². The van der Waals surface area contributed by atoms with Gasteiger partial charge in [-0.2, -0.15) is 0 Å². The van der Waals surface area contributed by atoms with E-state index in [1.807, 2.05) is 69.6 Å². The lowest BCUT2D eigenvalue weighted by atomic mass is 9.62. The highest BCUT2D eigenvalue weighted by atomic mass is 16.5. The Hall–Kier alpha value is -2.91. The third kappa shape index (κ3) is 5.13. The van der Waals surface area contributed by atoms with Crippen LogP contribution in [-0.4, -0.2) is 26.9 Å². The van der Waals surface area contributed by atoms with Gasteiger partial charge in [0.2, 0.25) is 7.41 Å². The Morgan fingerprint density at radius 1 is 0.862 bits per heavy atom. The highest BCUT2D eigenvalue weighted by Gasteiger charge is 2.23. The minimum atomic E-state index is 0.665. The van der Waals surface area contributed by atoms with E-state index in [0.717, 1.165) is 27.7 Å². The number of fused-ring (bicyclic) bond motifs is 1. The standard InChI is InChI=1S/C24H25B3NO/c1-7-11-14-20-22(10-4)29-23(17-12-8-2)18(9-3)19-15-13-16-21(24(19)20)27-28(25-5)26-6/h7-17H,1-4H2,5-6H3/b14-11-,17-12-. The maximum atomic E-state index is 6.28. The van der Waals surface area contributed by atoms with E-state index in [-0.39, 0.29) is 0 Å². The van der Waals surface area contributed by atoms with Crippen molar-refractivity contribution in [2.45, 2.75) is 13.6 Å². The fourth-order valence-corrected chi connectivity index (χ4v) is 3.12. The minimum absolute atomic E-state index is 0.665. The Kier molecular flexibility index (Phi) is 8.63. The van der Waals surface area contributed by atoms with E-state index in [1.54, 1.807) is 18.2 Å². The van der Waals surface area contributed by atoms with Crippen LogP contribution < -0.4 is 5.46 Å². The van der Waals surface area contributed by atoms with E-state index in [0.29, 0.717) is 11.5 Å². The van der Waals surface area contributed by atoms with Crippen LogP contribution in [0, 0.1) is 0 Å². The minimum Gasteiger partial charge on any atom is -0.456 e. The van der Waals surface area contributed by atoms with Gasteiger partial charge in [0, 0.05) is 11.1 Å². The molecule has 1 heterocycles. The van der Waals surface area contributed by atoms with Gasteiger partial charge in [0.25, 0.3) is 0 Å². The summed E-state index contributed by atoms with van der Waals surface area (Å²) in [6.45, 7) is 19.6. The predicted octanol–water partition coefficient (Wildman–Crippen LogP) is 4.88. The fourth-order valence-electron chi connectivity index (χ4n) is 3.12. The van der Waals surface area contributed by atoms with E-state index in [1.165, 1.54) is 0 Å². The van der Waals surface area contributed by atoms with E-state index >= 15 is 0 Å². The molecule has 0 saturated heterocycles. The largest absolute Gasteiger partial charge is 0.456 e. The van der Waals surface area contributed by atoms with Crippen LogP contribution in [0.15, 0.2) is 105 Å². The third-order valence-corrected chi connectivity index (χ3v) is 4.46. The van der Waals surface area contributed by atoms with Gasteiger partial charge in [-0.05, 0) is 23.3 Å². The third-order valence-electron chi connectivity index (χ3n) is 4.46. The maximum Gasteiger partial charge on any atom is 0.223 e. The van der Waals surface area contributed by atoms with E-state index < -0.39 is 0 Å². The summed E-state index contributed by atoms with van der Waals surface area (Å²) < 4.78 is 8.31. The summed E-state index contributed by atoms with van der Waals surface area (Å²) in [6.07, 6.45) is 14.6. The van der Waals surface area contributed by atoms with Crippen molar-refractivity contribution in [1.29, 1.82) is 0 Å². The van der Waals surface area contributed by atoms with Gasteiger partial charge in [-0.1, -0.05) is 100 Å². The molecule has 0 saturated carbocycles. The zero-order valence-electron chi connectivity index (χ0n) is 17.3. The van der Waals surface area contributed by atoms with Gasteiger partial charge >= 0.3 is 0 Å². The lowest BCUT2D eigenvalue weighted by Gasteiger charge is -2.21. The number of ether oxygens (including phenoxy) is 1. The molecule has 0 N–H and O–H groups in total. The quantitative estimate of drug-likeness (QED) is 0.427. The lowest BCUT2D eigenvalue weighted by Crippen LogP contribution is -2.40. The zero-order valence-corrected chi connectivity index (χ0v) is 17.3. The highest BCUT2D eigenvalue weighted by molar-refractivity contribution is 6.71. The van der Waals surface area contributed by atoms with Crippen LogP contribution in [-0.2, 0) is 4.74 Å². The molecule has 141 valence electrons. The average Bonchev–Trinajstić information content (AvgIpc) is 2.88. The van der Waals surface area contributed by atoms with Crippen molar-refractivity contribution in [3.8, 4) is 0 Å². The van der Waals surface area contributed by atoms with Gasteiger partial charge in [-0.3, -0.25) is 0 Å². The summed E-state index contributed by atoms with van der Waals surface area (Å²) in [4.78, 5) is 0. The van der Waals surface area contributed by atoms with Crippen molar-refractivity contribution in [2.24, 2.45) is 0 Å². The molecule has 29 heavy (non-hydrogen) atoms. The van der Waals surface area contributed by atoms with Crippen molar-refractivity contribution in [3.63, 3.8) is 0 Å². The van der Waals surface area contributed by atoms with Gasteiger partial charge in [-0.25, -0.2) is 0 Å². The van der Waals surface area contributed by atoms with Gasteiger partial charge < -0.3 is 9.37 Å². The first kappa shape index (κ1) is 22.4. The van der Waals surface area contributed by atoms with Crippen LogP contribution in [0.2, 0.25) is 13.6 Å². The first-order chi connectivity index (χ1) is 14.1. The molecular formula is C24H25B3NO. The van der Waals surface area contributed by atoms with Gasteiger partial charge in [0.15, 0.2) is 14.8 Å². The topological polar surface area (TPSA) is 12.5 Å². The van der Waals surface area contributed by atoms with Crippen LogP contribution in [0.4, 0.5) is 0 Å². The first-order valence-electron chi connectivity index (χ1n) is 9.49. The Bertz CT molecular complexity index is 918. The Morgan fingerprint density at radius 2 is 1.55 bits per heavy atom. The molecule has 3 radical (unpaired) electrons. The Balaban J connectivity index is 2.89. The second-order valence-electron chi connectivity index (χ2n) is 6.12. The number of rotatable bonds is 10. The van der Waals surface area contributed by atoms with Crippen molar-refractivity contribution in [3.05, 3.63) is 116 Å². The summed E-state index contributed by atoms with van der Waals surface area (Å²) in [5.41, 5.74) is 4.97. The molecule has 2 nitrogen and oxygen atoms in total. The Labute approximate surface area is 177 Å². The van der Waals surface area contributed by atoms with Gasteiger partial charge in [0.05, 0.1) is 0 Å². The van der Waals surface area contributed by atoms with Crippen LogP contribution >= 0.6 is 0 Å². The normalized spacial score (nSPS) is 13.8. The van der Waals surface area contributed by atoms with Crippen molar-refractivity contribution < 1.29 is 4.74 Å². The smallest absolute Gasteiger partial charge is 0.223 e. The predicted molar refractivity (Wildman–Crippen MR) is 131 cm³/mol. The summed E-state index contributed by atoms with van der Waals surface area (Å²) in [5, 5.41) is 0. The number of allylic oxidation sites excluding steroid dienone is 10. The SMILES string of the molecule is C=C/C=C\C1=C(C=C)c2cccc([B]N([B]C)[B]C)c2C(/C=C\C=C)=C(C=C)O1. The molecule has 1 aromatic rings. The van der Waals surface area contributed by atoms with Crippen molar-refractivity contribution in [2.75, 3.05) is 0 Å².